The van der Waals surface area contributed by atoms with Crippen molar-refractivity contribution in [1.82, 2.24) is 9.97 Å². The Hall–Kier alpha value is -1.27. The van der Waals surface area contributed by atoms with Crippen LogP contribution < -0.4 is 0 Å². The Kier molecular flexibility index (Phi) is 2.30. The topological polar surface area (TPSA) is 77.4 Å². The van der Waals surface area contributed by atoms with Crippen molar-refractivity contribution in [3.63, 3.8) is 0 Å². The van der Waals surface area contributed by atoms with Crippen molar-refractivity contribution in [3.8, 4) is 0 Å². The van der Waals surface area contributed by atoms with Crippen LogP contribution in [0.1, 0.15) is 5.69 Å². The van der Waals surface area contributed by atoms with E-state index in [0.717, 1.165) is 20.3 Å². The summed E-state index contributed by atoms with van der Waals surface area (Å²) >= 11 is 2.18. The highest BCUT2D eigenvalue weighted by atomic mass is 127. The predicted octanol–water partition coefficient (Wildman–Crippen LogP) is 3.42. The van der Waals surface area contributed by atoms with Gasteiger partial charge in [-0.3, -0.25) is 0 Å². The van der Waals surface area contributed by atoms with E-state index in [1.54, 1.807) is 6.07 Å². The highest BCUT2D eigenvalue weighted by Crippen LogP contribution is 2.29. The maximum Gasteiger partial charge on any atom is 0.139 e. The fraction of sp³-hybridized carbons (Fsp3) is 0.125. The van der Waals surface area contributed by atoms with E-state index in [1.807, 2.05) is 13.1 Å². The van der Waals surface area contributed by atoms with Crippen molar-refractivity contribution in [3.05, 3.63) is 32.0 Å². The minimum atomic E-state index is 0.626. The number of aryl methyl sites for hydroxylation is 1. The molecule has 70 valence electrons. The largest absolute Gasteiger partial charge is 0.345 e. The monoisotopic (exact) mass is 299 g/mol. The fourth-order valence-electron chi connectivity index (χ4n) is 1.33. The Morgan fingerprint density at radius 2 is 2.43 bits per heavy atom. The summed E-state index contributed by atoms with van der Waals surface area (Å²) in [6.07, 6.45) is 1.84. The number of fused-ring (bicyclic) bond motifs is 1. The first-order valence-corrected chi connectivity index (χ1v) is 4.99. The second-order valence-electron chi connectivity index (χ2n) is 2.83. The van der Waals surface area contributed by atoms with Gasteiger partial charge < -0.3 is 4.98 Å². The van der Waals surface area contributed by atoms with Gasteiger partial charge in [-0.05, 0) is 41.1 Å². The summed E-state index contributed by atoms with van der Waals surface area (Å²) in [5.74, 6) is 0. The molecule has 6 heteroatoms. The summed E-state index contributed by atoms with van der Waals surface area (Å²) in [5, 5.41) is 4.53. The maximum absolute atomic E-state index is 8.42. The predicted molar refractivity (Wildman–Crippen MR) is 62.4 cm³/mol. The lowest BCUT2D eigenvalue weighted by atomic mass is 10.2. The summed E-state index contributed by atoms with van der Waals surface area (Å²) in [4.78, 5) is 10.1. The van der Waals surface area contributed by atoms with E-state index in [9.17, 15) is 0 Å². The third kappa shape index (κ3) is 1.42. The van der Waals surface area contributed by atoms with Crippen LogP contribution in [-0.4, -0.2) is 9.97 Å². The van der Waals surface area contributed by atoms with E-state index in [4.69, 9.17) is 5.53 Å². The molecule has 2 rings (SSSR count). The minimum Gasteiger partial charge on any atom is -0.345 e. The molecule has 0 aliphatic heterocycles. The molecule has 1 N–H and O–H groups in total. The minimum absolute atomic E-state index is 0.626. The number of pyridine rings is 1. The van der Waals surface area contributed by atoms with Crippen LogP contribution in [0.5, 0.6) is 0 Å². The SMILES string of the molecule is Cc1cc(N=[N+]=[N-])c2c(I)c[nH]c2n1. The molecule has 2 aromatic rings. The summed E-state index contributed by atoms with van der Waals surface area (Å²) in [6, 6.07) is 1.78. The summed E-state index contributed by atoms with van der Waals surface area (Å²) in [6.45, 7) is 1.86. The lowest BCUT2D eigenvalue weighted by Gasteiger charge is -1.98. The van der Waals surface area contributed by atoms with Crippen LogP contribution in [0.4, 0.5) is 5.69 Å². The molecule has 0 atom stereocenters. The van der Waals surface area contributed by atoms with Gasteiger partial charge in [-0.1, -0.05) is 5.11 Å². The molecule has 5 nitrogen and oxygen atoms in total. The number of nitrogens with zero attached hydrogens (tertiary/aromatic N) is 4. The van der Waals surface area contributed by atoms with Crippen LogP contribution >= 0.6 is 22.6 Å². The first kappa shape index (κ1) is 9.29. The average molecular weight is 299 g/mol. The van der Waals surface area contributed by atoms with Gasteiger partial charge in [0.15, 0.2) is 0 Å². The normalized spacial score (nSPS) is 10.1. The second kappa shape index (κ2) is 3.47. The lowest BCUT2D eigenvalue weighted by molar-refractivity contribution is 1.22. The Morgan fingerprint density at radius 3 is 3.14 bits per heavy atom. The number of H-pyrrole nitrogens is 1. The van der Waals surface area contributed by atoms with Gasteiger partial charge >= 0.3 is 0 Å². The van der Waals surface area contributed by atoms with E-state index < -0.39 is 0 Å². The van der Waals surface area contributed by atoms with Gasteiger partial charge in [0.1, 0.15) is 5.65 Å². The van der Waals surface area contributed by atoms with E-state index in [1.165, 1.54) is 0 Å². The van der Waals surface area contributed by atoms with Crippen molar-refractivity contribution < 1.29 is 0 Å². The number of aromatic nitrogens is 2. The third-order valence-electron chi connectivity index (χ3n) is 1.85. The molecule has 0 spiro atoms. The van der Waals surface area contributed by atoms with Crippen LogP contribution in [0.3, 0.4) is 0 Å². The van der Waals surface area contributed by atoms with Crippen LogP contribution in [-0.2, 0) is 0 Å². The van der Waals surface area contributed by atoms with E-state index >= 15 is 0 Å². The van der Waals surface area contributed by atoms with Gasteiger partial charge in [0.25, 0.3) is 0 Å². The van der Waals surface area contributed by atoms with Crippen molar-refractivity contribution in [2.75, 3.05) is 0 Å². The first-order valence-electron chi connectivity index (χ1n) is 3.91. The van der Waals surface area contributed by atoms with E-state index in [-0.39, 0.29) is 0 Å². The molecule has 0 unspecified atom stereocenters. The van der Waals surface area contributed by atoms with E-state index in [2.05, 4.69) is 42.6 Å². The molecule has 0 amide bonds. The molecule has 2 heterocycles. The summed E-state index contributed by atoms with van der Waals surface area (Å²) < 4.78 is 1.01. The number of aromatic amines is 1. The number of halogens is 1. The van der Waals surface area contributed by atoms with Gasteiger partial charge in [-0.25, -0.2) is 4.98 Å². The van der Waals surface area contributed by atoms with E-state index in [0.29, 0.717) is 5.69 Å². The van der Waals surface area contributed by atoms with Gasteiger partial charge in [-0.15, -0.1) is 0 Å². The molecule has 0 fully saturated rings. The van der Waals surface area contributed by atoms with Gasteiger partial charge in [0, 0.05) is 25.8 Å². The van der Waals surface area contributed by atoms with Crippen molar-refractivity contribution in [2.24, 2.45) is 5.11 Å². The summed E-state index contributed by atoms with van der Waals surface area (Å²) in [5.41, 5.74) is 10.6. The Labute approximate surface area is 93.3 Å². The molecular formula is C8H6IN5. The van der Waals surface area contributed by atoms with Gasteiger partial charge in [0.2, 0.25) is 0 Å². The van der Waals surface area contributed by atoms with Crippen molar-refractivity contribution in [2.45, 2.75) is 6.92 Å². The standard InChI is InChI=1S/C8H6IN5/c1-4-2-6(13-14-10)7-5(9)3-11-8(7)12-4/h2-3H,1H3,(H,11,12). The van der Waals surface area contributed by atoms with Gasteiger partial charge in [-0.2, -0.15) is 0 Å². The number of rotatable bonds is 1. The lowest BCUT2D eigenvalue weighted by Crippen LogP contribution is -1.82. The van der Waals surface area contributed by atoms with Crippen LogP contribution in [0.15, 0.2) is 17.4 Å². The third-order valence-corrected chi connectivity index (χ3v) is 2.70. The second-order valence-corrected chi connectivity index (χ2v) is 3.99. The molecular weight excluding hydrogens is 293 g/mol. The molecule has 0 saturated carbocycles. The van der Waals surface area contributed by atoms with Crippen LogP contribution in [0.25, 0.3) is 21.5 Å². The fourth-order valence-corrected chi connectivity index (χ4v) is 2.01. The number of hydrogen-bond acceptors (Lipinski definition) is 2. The number of nitrogens with one attached hydrogen (secondary N) is 1. The number of hydrogen-bond donors (Lipinski definition) is 1. The zero-order valence-electron chi connectivity index (χ0n) is 7.32. The highest BCUT2D eigenvalue weighted by Gasteiger charge is 2.07. The molecule has 0 aromatic carbocycles. The maximum atomic E-state index is 8.42. The van der Waals surface area contributed by atoms with Crippen LogP contribution in [0.2, 0.25) is 0 Å². The quantitative estimate of drug-likeness (QED) is 0.372. The Bertz CT molecular complexity index is 538. The Morgan fingerprint density at radius 1 is 1.64 bits per heavy atom. The molecule has 0 aliphatic carbocycles. The molecule has 0 aliphatic rings. The first-order chi connectivity index (χ1) is 6.72. The van der Waals surface area contributed by atoms with Gasteiger partial charge in [0.05, 0.1) is 5.69 Å². The Balaban J connectivity index is 2.90. The number of azide groups is 1. The molecule has 2 aromatic heterocycles. The van der Waals surface area contributed by atoms with Crippen molar-refractivity contribution in [1.29, 1.82) is 0 Å². The zero-order chi connectivity index (χ0) is 10.1. The summed E-state index contributed by atoms with van der Waals surface area (Å²) in [7, 11) is 0. The molecule has 0 saturated heterocycles. The zero-order valence-corrected chi connectivity index (χ0v) is 9.48. The van der Waals surface area contributed by atoms with Crippen molar-refractivity contribution >= 4 is 39.3 Å². The molecule has 14 heavy (non-hydrogen) atoms. The smallest absolute Gasteiger partial charge is 0.139 e. The molecule has 0 bridgehead atoms. The highest BCUT2D eigenvalue weighted by molar-refractivity contribution is 14.1. The van der Waals surface area contributed by atoms with Crippen LogP contribution in [0, 0.1) is 10.5 Å². The molecule has 0 radical (unpaired) electrons. The average Bonchev–Trinajstić information content (AvgIpc) is 2.48.